The lowest BCUT2D eigenvalue weighted by molar-refractivity contribution is 0.227. The maximum absolute atomic E-state index is 8.94. The molecule has 0 spiro atoms. The second-order valence-corrected chi connectivity index (χ2v) is 3.50. The first-order valence-electron chi connectivity index (χ1n) is 5.11. The Morgan fingerprint density at radius 3 is 2.42 bits per heavy atom. The van der Waals surface area contributed by atoms with E-state index in [4.69, 9.17) is 5.11 Å². The summed E-state index contributed by atoms with van der Waals surface area (Å²) in [5.74, 6) is 0. The number of unbranched alkanes of at least 4 members (excludes halogenated alkanes) is 1. The highest BCUT2D eigenvalue weighted by Crippen LogP contribution is 2.01. The van der Waals surface area contributed by atoms with Gasteiger partial charge in [-0.1, -0.05) is 26.7 Å². The van der Waals surface area contributed by atoms with E-state index in [1.807, 2.05) is 0 Å². The third kappa shape index (κ3) is 5.56. The summed E-state index contributed by atoms with van der Waals surface area (Å²) in [5.41, 5.74) is 0. The minimum Gasteiger partial charge on any atom is -0.395 e. The number of hydrogen-bond donors (Lipinski definition) is 2. The Morgan fingerprint density at radius 1 is 1.33 bits per heavy atom. The van der Waals surface area contributed by atoms with Crippen molar-refractivity contribution in [2.45, 2.75) is 58.5 Å². The van der Waals surface area contributed by atoms with E-state index < -0.39 is 0 Å². The second kappa shape index (κ2) is 7.56. The van der Waals surface area contributed by atoms with E-state index in [0.29, 0.717) is 6.04 Å². The summed E-state index contributed by atoms with van der Waals surface area (Å²) in [6.07, 6.45) is 4.75. The van der Waals surface area contributed by atoms with Crippen LogP contribution in [0.2, 0.25) is 0 Å². The number of rotatable bonds is 7. The largest absolute Gasteiger partial charge is 0.395 e. The van der Waals surface area contributed by atoms with Crippen LogP contribution in [0.4, 0.5) is 0 Å². The van der Waals surface area contributed by atoms with Crippen LogP contribution < -0.4 is 5.32 Å². The molecule has 0 aromatic heterocycles. The molecule has 74 valence electrons. The fourth-order valence-corrected chi connectivity index (χ4v) is 1.30. The zero-order valence-electron chi connectivity index (χ0n) is 8.64. The molecule has 2 heteroatoms. The third-order valence-corrected chi connectivity index (χ3v) is 2.22. The highest BCUT2D eigenvalue weighted by molar-refractivity contribution is 4.68. The van der Waals surface area contributed by atoms with Crippen molar-refractivity contribution in [2.24, 2.45) is 0 Å². The standard InChI is InChI=1S/C10H23NO/c1-4-6-7-9(3)11-10(5-2)8-12/h9-12H,4-8H2,1-3H3/t9?,10-/m1/s1. The molecular weight excluding hydrogens is 150 g/mol. The quantitative estimate of drug-likeness (QED) is 0.616. The van der Waals surface area contributed by atoms with Crippen LogP contribution in [0.5, 0.6) is 0 Å². The lowest BCUT2D eigenvalue weighted by Gasteiger charge is -2.20. The third-order valence-electron chi connectivity index (χ3n) is 2.22. The van der Waals surface area contributed by atoms with Gasteiger partial charge in [-0.05, 0) is 19.8 Å². The smallest absolute Gasteiger partial charge is 0.0584 e. The van der Waals surface area contributed by atoms with Gasteiger partial charge in [0.15, 0.2) is 0 Å². The zero-order chi connectivity index (χ0) is 9.40. The lowest BCUT2D eigenvalue weighted by Crippen LogP contribution is -2.38. The van der Waals surface area contributed by atoms with Crippen LogP contribution in [0.3, 0.4) is 0 Å². The maximum atomic E-state index is 8.94. The van der Waals surface area contributed by atoms with Crippen LogP contribution in [-0.2, 0) is 0 Å². The molecule has 0 fully saturated rings. The van der Waals surface area contributed by atoms with Gasteiger partial charge in [-0.3, -0.25) is 0 Å². The molecule has 0 radical (unpaired) electrons. The van der Waals surface area contributed by atoms with Gasteiger partial charge in [0.1, 0.15) is 0 Å². The van der Waals surface area contributed by atoms with E-state index in [1.54, 1.807) is 0 Å². The Balaban J connectivity index is 3.44. The molecule has 0 aliphatic rings. The van der Waals surface area contributed by atoms with Crippen molar-refractivity contribution < 1.29 is 5.11 Å². The minimum absolute atomic E-state index is 0.257. The topological polar surface area (TPSA) is 32.3 Å². The summed E-state index contributed by atoms with van der Waals surface area (Å²) in [6, 6.07) is 0.832. The Morgan fingerprint density at radius 2 is 2.00 bits per heavy atom. The number of nitrogens with one attached hydrogen (secondary N) is 1. The van der Waals surface area contributed by atoms with Crippen LogP contribution in [0.15, 0.2) is 0 Å². The summed E-state index contributed by atoms with van der Waals surface area (Å²) in [5, 5.41) is 12.3. The molecule has 2 N–H and O–H groups in total. The monoisotopic (exact) mass is 173 g/mol. The lowest BCUT2D eigenvalue weighted by atomic mass is 10.1. The molecule has 0 saturated carbocycles. The molecule has 2 atom stereocenters. The van der Waals surface area contributed by atoms with Gasteiger partial charge in [0.2, 0.25) is 0 Å². The minimum atomic E-state index is 0.257. The molecule has 12 heavy (non-hydrogen) atoms. The number of hydrogen-bond acceptors (Lipinski definition) is 2. The first-order valence-corrected chi connectivity index (χ1v) is 5.11. The van der Waals surface area contributed by atoms with Crippen molar-refractivity contribution in [1.82, 2.24) is 5.32 Å². The molecule has 0 aromatic carbocycles. The van der Waals surface area contributed by atoms with Crippen molar-refractivity contribution in [3.8, 4) is 0 Å². The van der Waals surface area contributed by atoms with Crippen LogP contribution in [-0.4, -0.2) is 23.8 Å². The van der Waals surface area contributed by atoms with E-state index in [1.165, 1.54) is 19.3 Å². The van der Waals surface area contributed by atoms with Gasteiger partial charge in [0.05, 0.1) is 6.61 Å². The molecule has 0 aliphatic heterocycles. The predicted molar refractivity (Wildman–Crippen MR) is 53.3 cm³/mol. The Labute approximate surface area is 76.4 Å². The van der Waals surface area contributed by atoms with Crippen LogP contribution in [0.1, 0.15) is 46.5 Å². The maximum Gasteiger partial charge on any atom is 0.0584 e. The highest BCUT2D eigenvalue weighted by Gasteiger charge is 2.07. The van der Waals surface area contributed by atoms with Crippen LogP contribution in [0.25, 0.3) is 0 Å². The summed E-state index contributed by atoms with van der Waals surface area (Å²) < 4.78 is 0. The van der Waals surface area contributed by atoms with Crippen molar-refractivity contribution in [3.63, 3.8) is 0 Å². The highest BCUT2D eigenvalue weighted by atomic mass is 16.3. The molecule has 0 aromatic rings. The van der Waals surface area contributed by atoms with Crippen LogP contribution in [0, 0.1) is 0 Å². The van der Waals surface area contributed by atoms with Gasteiger partial charge in [-0.15, -0.1) is 0 Å². The normalized spacial score (nSPS) is 16.0. The molecule has 0 saturated heterocycles. The summed E-state index contributed by atoms with van der Waals surface area (Å²) in [4.78, 5) is 0. The summed E-state index contributed by atoms with van der Waals surface area (Å²) in [6.45, 7) is 6.75. The van der Waals surface area contributed by atoms with E-state index in [-0.39, 0.29) is 12.6 Å². The first kappa shape index (κ1) is 11.9. The molecule has 0 aliphatic carbocycles. The van der Waals surface area contributed by atoms with E-state index in [0.717, 1.165) is 6.42 Å². The number of aliphatic hydroxyl groups is 1. The molecule has 0 heterocycles. The van der Waals surface area contributed by atoms with E-state index in [9.17, 15) is 0 Å². The summed E-state index contributed by atoms with van der Waals surface area (Å²) in [7, 11) is 0. The van der Waals surface area contributed by atoms with Crippen LogP contribution >= 0.6 is 0 Å². The van der Waals surface area contributed by atoms with Gasteiger partial charge in [0.25, 0.3) is 0 Å². The van der Waals surface area contributed by atoms with E-state index in [2.05, 4.69) is 26.1 Å². The SMILES string of the molecule is CCCCC(C)N[C@H](CC)CO. The fraction of sp³-hybridized carbons (Fsp3) is 1.00. The molecule has 2 nitrogen and oxygen atoms in total. The Bertz CT molecular complexity index is 91.8. The van der Waals surface area contributed by atoms with Crippen molar-refractivity contribution in [2.75, 3.05) is 6.61 Å². The average Bonchev–Trinajstić information content (AvgIpc) is 2.10. The number of aliphatic hydroxyl groups excluding tert-OH is 1. The first-order chi connectivity index (χ1) is 5.74. The van der Waals surface area contributed by atoms with Gasteiger partial charge in [0, 0.05) is 12.1 Å². The van der Waals surface area contributed by atoms with Crippen molar-refractivity contribution >= 4 is 0 Å². The van der Waals surface area contributed by atoms with Gasteiger partial charge < -0.3 is 10.4 Å². The molecule has 0 amide bonds. The summed E-state index contributed by atoms with van der Waals surface area (Å²) >= 11 is 0. The molecule has 0 bridgehead atoms. The second-order valence-electron chi connectivity index (χ2n) is 3.50. The fourth-order valence-electron chi connectivity index (χ4n) is 1.30. The molecule has 0 rings (SSSR count). The van der Waals surface area contributed by atoms with Gasteiger partial charge in [-0.2, -0.15) is 0 Å². The van der Waals surface area contributed by atoms with Gasteiger partial charge in [-0.25, -0.2) is 0 Å². The van der Waals surface area contributed by atoms with E-state index >= 15 is 0 Å². The molecular formula is C10H23NO. The Kier molecular flexibility index (Phi) is 7.51. The molecule has 1 unspecified atom stereocenters. The Hall–Kier alpha value is -0.0800. The predicted octanol–water partition coefficient (Wildman–Crippen LogP) is 1.93. The average molecular weight is 173 g/mol. The van der Waals surface area contributed by atoms with Gasteiger partial charge >= 0.3 is 0 Å². The van der Waals surface area contributed by atoms with Crippen molar-refractivity contribution in [1.29, 1.82) is 0 Å². The van der Waals surface area contributed by atoms with Crippen molar-refractivity contribution in [3.05, 3.63) is 0 Å². The zero-order valence-corrected chi connectivity index (χ0v) is 8.64.